The summed E-state index contributed by atoms with van der Waals surface area (Å²) in [5.41, 5.74) is 0.0952. The number of nitrogens with zero attached hydrogens (tertiary/aromatic N) is 2. The number of piperidine rings is 1. The second kappa shape index (κ2) is 4.36. The summed E-state index contributed by atoms with van der Waals surface area (Å²) in [5, 5.41) is 18.4. The fourth-order valence-corrected chi connectivity index (χ4v) is 3.40. The lowest BCUT2D eigenvalue weighted by atomic mass is 9.64. The van der Waals surface area contributed by atoms with Gasteiger partial charge >= 0.3 is 5.97 Å². The molecule has 98 valence electrons. The number of carboxylic acids is 1. The van der Waals surface area contributed by atoms with Crippen molar-refractivity contribution in [2.75, 3.05) is 0 Å². The Morgan fingerprint density at radius 1 is 1.37 bits per heavy atom. The Morgan fingerprint density at radius 2 is 2.00 bits per heavy atom. The van der Waals surface area contributed by atoms with Gasteiger partial charge in [0.05, 0.1) is 6.07 Å². The molecule has 4 rings (SSSR count). The Kier molecular flexibility index (Phi) is 2.79. The molecule has 0 aromatic heterocycles. The van der Waals surface area contributed by atoms with Gasteiger partial charge in [-0.1, -0.05) is 30.3 Å². The average molecular weight is 256 g/mol. The summed E-state index contributed by atoms with van der Waals surface area (Å²) >= 11 is 0. The summed E-state index contributed by atoms with van der Waals surface area (Å²) in [6.45, 7) is 0.858. The number of hydrogen-bond donors (Lipinski definition) is 1. The van der Waals surface area contributed by atoms with E-state index in [1.54, 1.807) is 0 Å². The third kappa shape index (κ3) is 1.91. The first-order valence-corrected chi connectivity index (χ1v) is 6.59. The van der Waals surface area contributed by atoms with E-state index in [4.69, 9.17) is 0 Å². The molecule has 0 amide bonds. The van der Waals surface area contributed by atoms with Crippen LogP contribution in [0.25, 0.3) is 0 Å². The number of hydrogen-bond acceptors (Lipinski definition) is 3. The molecule has 1 aromatic carbocycles. The Bertz CT molecular complexity index is 523. The van der Waals surface area contributed by atoms with E-state index in [1.165, 1.54) is 5.56 Å². The van der Waals surface area contributed by atoms with Crippen molar-refractivity contribution < 1.29 is 9.90 Å². The summed E-state index contributed by atoms with van der Waals surface area (Å²) in [6, 6.07) is 12.7. The molecule has 4 heteroatoms. The summed E-state index contributed by atoms with van der Waals surface area (Å²) in [5.74, 6) is -0.955. The van der Waals surface area contributed by atoms with E-state index >= 15 is 0 Å². The van der Waals surface area contributed by atoms with E-state index in [0.717, 1.165) is 13.0 Å². The molecule has 2 bridgehead atoms. The van der Waals surface area contributed by atoms with Crippen LogP contribution in [0.5, 0.6) is 0 Å². The maximum Gasteiger partial charge on any atom is 0.324 e. The molecule has 19 heavy (non-hydrogen) atoms. The predicted molar refractivity (Wildman–Crippen MR) is 69.1 cm³/mol. The second-order valence-electron chi connectivity index (χ2n) is 5.61. The molecular weight excluding hydrogens is 240 g/mol. The van der Waals surface area contributed by atoms with Crippen LogP contribution in [0, 0.1) is 16.7 Å². The number of aliphatic carboxylic acids is 1. The molecule has 0 radical (unpaired) electrons. The van der Waals surface area contributed by atoms with E-state index in [9.17, 15) is 15.2 Å². The smallest absolute Gasteiger partial charge is 0.324 e. The third-order valence-corrected chi connectivity index (χ3v) is 4.48. The van der Waals surface area contributed by atoms with Crippen LogP contribution in [0.1, 0.15) is 24.8 Å². The lowest BCUT2D eigenvalue weighted by Crippen LogP contribution is -2.64. The van der Waals surface area contributed by atoms with Crippen molar-refractivity contribution in [1.29, 1.82) is 5.26 Å². The number of nitriles is 1. The molecule has 2 unspecified atom stereocenters. The van der Waals surface area contributed by atoms with Gasteiger partial charge in [-0.05, 0) is 24.8 Å². The van der Waals surface area contributed by atoms with Crippen molar-refractivity contribution in [3.05, 3.63) is 35.9 Å². The molecule has 1 aromatic rings. The van der Waals surface area contributed by atoms with Crippen molar-refractivity contribution >= 4 is 5.97 Å². The zero-order valence-corrected chi connectivity index (χ0v) is 10.6. The normalized spacial score (nSPS) is 33.2. The molecule has 2 aliphatic heterocycles. The largest absolute Gasteiger partial charge is 0.480 e. The Morgan fingerprint density at radius 3 is 2.53 bits per heavy atom. The monoisotopic (exact) mass is 256 g/mol. The zero-order valence-electron chi connectivity index (χ0n) is 10.6. The van der Waals surface area contributed by atoms with Crippen LogP contribution in [0.2, 0.25) is 0 Å². The van der Waals surface area contributed by atoms with E-state index in [0.29, 0.717) is 12.8 Å². The summed E-state index contributed by atoms with van der Waals surface area (Å²) in [7, 11) is 0. The van der Waals surface area contributed by atoms with Crippen molar-refractivity contribution in [3.63, 3.8) is 0 Å². The van der Waals surface area contributed by atoms with Gasteiger partial charge in [0.2, 0.25) is 0 Å². The minimum absolute atomic E-state index is 0.245. The first-order valence-electron chi connectivity index (χ1n) is 6.59. The van der Waals surface area contributed by atoms with Gasteiger partial charge in [-0.2, -0.15) is 5.26 Å². The van der Waals surface area contributed by atoms with E-state index in [-0.39, 0.29) is 12.1 Å². The molecule has 2 saturated heterocycles. The molecular formula is C15H16N2O2. The SMILES string of the molecule is N#CC1(C(=O)O)CC2CC(C1)N2Cc1ccccc1. The van der Waals surface area contributed by atoms with Gasteiger partial charge in [0.15, 0.2) is 5.41 Å². The Labute approximate surface area is 112 Å². The van der Waals surface area contributed by atoms with Crippen LogP contribution in [0.4, 0.5) is 0 Å². The van der Waals surface area contributed by atoms with Crippen molar-refractivity contribution in [3.8, 4) is 6.07 Å². The molecule has 3 fully saturated rings. The molecule has 2 atom stereocenters. The number of fused-ring (bicyclic) bond motifs is 2. The van der Waals surface area contributed by atoms with Crippen LogP contribution < -0.4 is 0 Å². The number of carboxylic acid groups (broad SMARTS) is 1. The number of benzene rings is 1. The van der Waals surface area contributed by atoms with Crippen LogP contribution in [-0.2, 0) is 11.3 Å². The van der Waals surface area contributed by atoms with Crippen molar-refractivity contribution in [2.45, 2.75) is 37.9 Å². The van der Waals surface area contributed by atoms with Crippen molar-refractivity contribution in [1.82, 2.24) is 4.90 Å². The van der Waals surface area contributed by atoms with Gasteiger partial charge in [0.25, 0.3) is 0 Å². The minimum Gasteiger partial charge on any atom is -0.480 e. The van der Waals surface area contributed by atoms with Crippen LogP contribution >= 0.6 is 0 Å². The van der Waals surface area contributed by atoms with Gasteiger partial charge < -0.3 is 5.11 Å². The highest BCUT2D eigenvalue weighted by atomic mass is 16.4. The average Bonchev–Trinajstić information content (AvgIpc) is 2.45. The molecule has 1 saturated carbocycles. The Balaban J connectivity index is 1.72. The molecule has 0 spiro atoms. The zero-order chi connectivity index (χ0) is 13.5. The van der Waals surface area contributed by atoms with E-state index in [1.807, 2.05) is 24.3 Å². The fraction of sp³-hybridized carbons (Fsp3) is 0.467. The summed E-state index contributed by atoms with van der Waals surface area (Å²) in [6.07, 6.45) is 1.95. The van der Waals surface area contributed by atoms with Gasteiger partial charge in [-0.15, -0.1) is 0 Å². The molecule has 3 aliphatic rings. The van der Waals surface area contributed by atoms with E-state index in [2.05, 4.69) is 17.0 Å². The maximum atomic E-state index is 11.3. The molecule has 1 aliphatic carbocycles. The first-order chi connectivity index (χ1) is 9.14. The standard InChI is InChI=1S/C15H16N2O2/c16-10-15(14(18)19)7-12-6-13(8-15)17(12)9-11-4-2-1-3-5-11/h1-5,12-13H,6-9H2,(H,18,19). The fourth-order valence-electron chi connectivity index (χ4n) is 3.40. The van der Waals surface area contributed by atoms with Gasteiger partial charge in [-0.3, -0.25) is 9.69 Å². The lowest BCUT2D eigenvalue weighted by Gasteiger charge is -2.56. The quantitative estimate of drug-likeness (QED) is 0.898. The first kappa shape index (κ1) is 12.2. The predicted octanol–water partition coefficient (Wildman–Crippen LogP) is 2.02. The highest BCUT2D eigenvalue weighted by molar-refractivity contribution is 5.78. The van der Waals surface area contributed by atoms with Gasteiger partial charge in [0, 0.05) is 18.6 Å². The lowest BCUT2D eigenvalue weighted by molar-refractivity contribution is -0.158. The maximum absolute atomic E-state index is 11.3. The van der Waals surface area contributed by atoms with Gasteiger partial charge in [0.1, 0.15) is 0 Å². The summed E-state index contributed by atoms with van der Waals surface area (Å²) in [4.78, 5) is 13.6. The second-order valence-corrected chi connectivity index (χ2v) is 5.61. The molecule has 4 nitrogen and oxygen atoms in total. The molecule has 2 heterocycles. The topological polar surface area (TPSA) is 64.3 Å². The van der Waals surface area contributed by atoms with Crippen LogP contribution in [-0.4, -0.2) is 28.1 Å². The van der Waals surface area contributed by atoms with Gasteiger partial charge in [-0.25, -0.2) is 0 Å². The minimum atomic E-state index is -1.15. The Hall–Kier alpha value is -1.86. The highest BCUT2D eigenvalue weighted by Gasteiger charge is 2.56. The summed E-state index contributed by atoms with van der Waals surface area (Å²) < 4.78 is 0. The highest BCUT2D eigenvalue weighted by Crippen LogP contribution is 2.48. The van der Waals surface area contributed by atoms with E-state index < -0.39 is 11.4 Å². The number of carbonyl (C=O) groups is 1. The number of rotatable bonds is 3. The molecule has 1 N–H and O–H groups in total. The van der Waals surface area contributed by atoms with Crippen LogP contribution in [0.3, 0.4) is 0 Å². The van der Waals surface area contributed by atoms with Crippen molar-refractivity contribution in [2.24, 2.45) is 5.41 Å². The van der Waals surface area contributed by atoms with Crippen LogP contribution in [0.15, 0.2) is 30.3 Å². The third-order valence-electron chi connectivity index (χ3n) is 4.48.